The van der Waals surface area contributed by atoms with Gasteiger partial charge in [0.1, 0.15) is 12.4 Å². The summed E-state index contributed by atoms with van der Waals surface area (Å²) in [5.74, 6) is -0.224. The van der Waals surface area contributed by atoms with Crippen molar-refractivity contribution >= 4 is 11.5 Å². The number of carboxylic acid groups (broad SMARTS) is 1. The molecule has 0 saturated carbocycles. The van der Waals surface area contributed by atoms with E-state index in [1.807, 2.05) is 36.4 Å². The van der Waals surface area contributed by atoms with Gasteiger partial charge in [-0.15, -0.1) is 0 Å². The highest BCUT2D eigenvalue weighted by Crippen LogP contribution is 2.36. The molecule has 0 unspecified atom stereocenters. The van der Waals surface area contributed by atoms with Gasteiger partial charge in [-0.05, 0) is 52.6 Å². The van der Waals surface area contributed by atoms with E-state index in [4.69, 9.17) is 4.74 Å². The van der Waals surface area contributed by atoms with Crippen LogP contribution < -0.4 is 4.74 Å². The van der Waals surface area contributed by atoms with E-state index in [2.05, 4.69) is 24.3 Å². The van der Waals surface area contributed by atoms with Crippen molar-refractivity contribution in [1.29, 1.82) is 0 Å². The Labute approximate surface area is 145 Å². The number of aromatic carboxylic acids is 1. The van der Waals surface area contributed by atoms with Crippen LogP contribution in [0.4, 0.5) is 0 Å². The Hall–Kier alpha value is -3.33. The predicted octanol–water partition coefficient (Wildman–Crippen LogP) is 4.88. The lowest BCUT2D eigenvalue weighted by atomic mass is 9.92. The molecule has 122 valence electrons. The number of ether oxygens (including phenoxy) is 1. The Balaban J connectivity index is 1.80. The van der Waals surface area contributed by atoms with Crippen molar-refractivity contribution in [3.63, 3.8) is 0 Å². The second-order valence-electron chi connectivity index (χ2n) is 5.89. The smallest absolute Gasteiger partial charge is 0.335 e. The summed E-state index contributed by atoms with van der Waals surface area (Å²) in [6, 6.07) is 23.4. The lowest BCUT2D eigenvalue weighted by Gasteiger charge is -2.20. The molecule has 0 bridgehead atoms. The monoisotopic (exact) mass is 328 g/mol. The minimum absolute atomic E-state index is 0.259. The molecule has 0 amide bonds. The van der Waals surface area contributed by atoms with E-state index in [0.717, 1.165) is 27.8 Å². The van der Waals surface area contributed by atoms with E-state index < -0.39 is 5.97 Å². The highest BCUT2D eigenvalue weighted by atomic mass is 16.5. The average molecular weight is 328 g/mol. The second kappa shape index (κ2) is 6.29. The van der Waals surface area contributed by atoms with Gasteiger partial charge in [0.05, 0.1) is 5.56 Å². The van der Waals surface area contributed by atoms with Crippen LogP contribution in [-0.2, 0) is 0 Å². The Morgan fingerprint density at radius 3 is 2.40 bits per heavy atom. The molecule has 0 radical (unpaired) electrons. The molecule has 3 aromatic carbocycles. The van der Waals surface area contributed by atoms with Gasteiger partial charge in [0, 0.05) is 5.56 Å². The molecule has 1 N–H and O–H groups in total. The van der Waals surface area contributed by atoms with Crippen molar-refractivity contribution in [2.75, 3.05) is 6.61 Å². The van der Waals surface area contributed by atoms with Crippen molar-refractivity contribution in [1.82, 2.24) is 0 Å². The van der Waals surface area contributed by atoms with Crippen molar-refractivity contribution in [3.8, 4) is 16.9 Å². The minimum Gasteiger partial charge on any atom is -0.489 e. The molecule has 25 heavy (non-hydrogen) atoms. The topological polar surface area (TPSA) is 46.5 Å². The van der Waals surface area contributed by atoms with Crippen molar-refractivity contribution in [2.45, 2.75) is 0 Å². The van der Waals surface area contributed by atoms with Crippen LogP contribution in [0.1, 0.15) is 21.5 Å². The number of hydrogen-bond acceptors (Lipinski definition) is 2. The molecule has 3 nitrogen and oxygen atoms in total. The third kappa shape index (κ3) is 2.92. The Bertz CT molecular complexity index is 972. The number of carbonyl (C=O) groups is 1. The van der Waals surface area contributed by atoms with Gasteiger partial charge in [0.2, 0.25) is 0 Å². The van der Waals surface area contributed by atoms with Crippen molar-refractivity contribution < 1.29 is 14.6 Å². The minimum atomic E-state index is -0.939. The molecule has 0 fully saturated rings. The standard InChI is InChI=1S/C22H16O3/c23-22(24)18-9-10-21-20(14-18)19(11-12-25-21)17-8-4-7-16(13-17)15-5-2-1-3-6-15/h1-11,13-14H,12H2,(H,23,24). The Kier molecular flexibility index (Phi) is 3.82. The van der Waals surface area contributed by atoms with Gasteiger partial charge in [-0.2, -0.15) is 0 Å². The Morgan fingerprint density at radius 2 is 1.60 bits per heavy atom. The molecule has 0 aliphatic carbocycles. The molecule has 3 aromatic rings. The first-order valence-corrected chi connectivity index (χ1v) is 8.09. The van der Waals surface area contributed by atoms with Crippen LogP contribution in [0, 0.1) is 0 Å². The highest BCUT2D eigenvalue weighted by molar-refractivity contribution is 5.92. The van der Waals surface area contributed by atoms with Crippen molar-refractivity contribution in [3.05, 3.63) is 95.6 Å². The lowest BCUT2D eigenvalue weighted by Crippen LogP contribution is -2.07. The average Bonchev–Trinajstić information content (AvgIpc) is 2.68. The Morgan fingerprint density at radius 1 is 0.840 bits per heavy atom. The molecule has 1 aliphatic heterocycles. The summed E-state index contributed by atoms with van der Waals surface area (Å²) in [6.45, 7) is 0.477. The van der Waals surface area contributed by atoms with Crippen LogP contribution in [0.2, 0.25) is 0 Å². The first-order chi connectivity index (χ1) is 12.2. The summed E-state index contributed by atoms with van der Waals surface area (Å²) in [4.78, 5) is 11.3. The van der Waals surface area contributed by atoms with Crippen LogP contribution in [0.25, 0.3) is 16.7 Å². The van der Waals surface area contributed by atoms with E-state index in [-0.39, 0.29) is 5.56 Å². The fourth-order valence-electron chi connectivity index (χ4n) is 3.09. The first kappa shape index (κ1) is 15.2. The maximum Gasteiger partial charge on any atom is 0.335 e. The molecule has 0 atom stereocenters. The molecular formula is C22H16O3. The van der Waals surface area contributed by atoms with Crippen LogP contribution in [-0.4, -0.2) is 17.7 Å². The fraction of sp³-hybridized carbons (Fsp3) is 0.0455. The molecule has 1 heterocycles. The van der Waals surface area contributed by atoms with Gasteiger partial charge in [0.15, 0.2) is 0 Å². The summed E-state index contributed by atoms with van der Waals surface area (Å²) < 4.78 is 5.66. The zero-order valence-electron chi connectivity index (χ0n) is 13.5. The SMILES string of the molecule is O=C(O)c1ccc2c(c1)C(c1cccc(-c3ccccc3)c1)=CCO2. The maximum atomic E-state index is 11.3. The van der Waals surface area contributed by atoms with Crippen molar-refractivity contribution in [2.24, 2.45) is 0 Å². The zero-order chi connectivity index (χ0) is 17.2. The third-order valence-corrected chi connectivity index (χ3v) is 4.32. The number of hydrogen-bond donors (Lipinski definition) is 1. The largest absolute Gasteiger partial charge is 0.489 e. The maximum absolute atomic E-state index is 11.3. The second-order valence-corrected chi connectivity index (χ2v) is 5.89. The van der Waals surface area contributed by atoms with Gasteiger partial charge in [-0.3, -0.25) is 0 Å². The van der Waals surface area contributed by atoms with Gasteiger partial charge >= 0.3 is 5.97 Å². The first-order valence-electron chi connectivity index (χ1n) is 8.09. The molecule has 0 spiro atoms. The summed E-state index contributed by atoms with van der Waals surface area (Å²) in [5, 5.41) is 9.28. The van der Waals surface area contributed by atoms with Gasteiger partial charge in [0.25, 0.3) is 0 Å². The molecule has 0 aromatic heterocycles. The summed E-state index contributed by atoms with van der Waals surface area (Å²) in [6.07, 6.45) is 2.00. The van der Waals surface area contributed by atoms with E-state index in [1.165, 1.54) is 0 Å². The van der Waals surface area contributed by atoms with E-state index >= 15 is 0 Å². The van der Waals surface area contributed by atoms with Crippen LogP contribution in [0.5, 0.6) is 5.75 Å². The van der Waals surface area contributed by atoms with Crippen LogP contribution in [0.15, 0.2) is 78.9 Å². The van der Waals surface area contributed by atoms with Gasteiger partial charge in [-0.1, -0.05) is 48.5 Å². The predicted molar refractivity (Wildman–Crippen MR) is 97.9 cm³/mol. The van der Waals surface area contributed by atoms with Gasteiger partial charge in [-0.25, -0.2) is 4.79 Å². The normalized spacial score (nSPS) is 12.7. The third-order valence-electron chi connectivity index (χ3n) is 4.32. The van der Waals surface area contributed by atoms with E-state index in [9.17, 15) is 9.90 Å². The fourth-order valence-corrected chi connectivity index (χ4v) is 3.09. The van der Waals surface area contributed by atoms with E-state index in [0.29, 0.717) is 12.4 Å². The zero-order valence-corrected chi connectivity index (χ0v) is 13.5. The molecule has 4 rings (SSSR count). The molecular weight excluding hydrogens is 312 g/mol. The number of rotatable bonds is 3. The quantitative estimate of drug-likeness (QED) is 0.745. The summed E-state index contributed by atoms with van der Waals surface area (Å²) >= 11 is 0. The summed E-state index contributed by atoms with van der Waals surface area (Å²) in [7, 11) is 0. The number of fused-ring (bicyclic) bond motifs is 1. The molecule has 0 saturated heterocycles. The summed E-state index contributed by atoms with van der Waals surface area (Å²) in [5.41, 5.74) is 5.40. The lowest BCUT2D eigenvalue weighted by molar-refractivity contribution is 0.0697. The van der Waals surface area contributed by atoms with Crippen LogP contribution >= 0.6 is 0 Å². The molecule has 1 aliphatic rings. The highest BCUT2D eigenvalue weighted by Gasteiger charge is 2.18. The van der Waals surface area contributed by atoms with Gasteiger partial charge < -0.3 is 9.84 Å². The number of benzene rings is 3. The van der Waals surface area contributed by atoms with E-state index in [1.54, 1.807) is 18.2 Å². The molecule has 3 heteroatoms. The number of carboxylic acids is 1. The van der Waals surface area contributed by atoms with Crippen LogP contribution in [0.3, 0.4) is 0 Å².